The molecule has 1 aliphatic carbocycles. The van der Waals surface area contributed by atoms with Gasteiger partial charge in [-0.2, -0.15) is 0 Å². The Morgan fingerprint density at radius 3 is 2.56 bits per heavy atom. The molecular formula is C19H17NO5. The van der Waals surface area contributed by atoms with E-state index in [1.807, 2.05) is 30.3 Å². The van der Waals surface area contributed by atoms with Gasteiger partial charge in [0.05, 0.1) is 24.6 Å². The molecule has 0 aliphatic heterocycles. The fourth-order valence-corrected chi connectivity index (χ4v) is 3.35. The number of hydrogen-bond donors (Lipinski definition) is 2. The molecule has 0 radical (unpaired) electrons. The molecule has 25 heavy (non-hydrogen) atoms. The SMILES string of the molecule is COc1cc2c(cc1NC(=O)C1CCC1C(=O)O)oc1ccccc12. The minimum atomic E-state index is -0.925. The summed E-state index contributed by atoms with van der Waals surface area (Å²) in [6, 6.07) is 11.2. The molecule has 4 rings (SSSR count). The van der Waals surface area contributed by atoms with Gasteiger partial charge in [0.15, 0.2) is 0 Å². The number of amides is 1. The van der Waals surface area contributed by atoms with Gasteiger partial charge in [0.25, 0.3) is 0 Å². The quantitative estimate of drug-likeness (QED) is 0.757. The third-order valence-corrected chi connectivity index (χ3v) is 4.89. The minimum Gasteiger partial charge on any atom is -0.495 e. The predicted molar refractivity (Wildman–Crippen MR) is 92.8 cm³/mol. The Morgan fingerprint density at radius 2 is 1.88 bits per heavy atom. The Balaban J connectivity index is 1.70. The third-order valence-electron chi connectivity index (χ3n) is 4.89. The maximum Gasteiger partial charge on any atom is 0.307 e. The van der Waals surface area contributed by atoms with Crippen molar-refractivity contribution >= 4 is 39.5 Å². The summed E-state index contributed by atoms with van der Waals surface area (Å²) in [5.74, 6) is -1.83. The average molecular weight is 339 g/mol. The summed E-state index contributed by atoms with van der Waals surface area (Å²) in [7, 11) is 1.53. The maximum atomic E-state index is 12.4. The molecule has 2 atom stereocenters. The van der Waals surface area contributed by atoms with Crippen molar-refractivity contribution in [3.05, 3.63) is 36.4 Å². The lowest BCUT2D eigenvalue weighted by Gasteiger charge is -2.32. The number of carboxylic acid groups (broad SMARTS) is 1. The molecule has 1 aromatic heterocycles. The summed E-state index contributed by atoms with van der Waals surface area (Å²) < 4.78 is 11.2. The average Bonchev–Trinajstić information content (AvgIpc) is 2.89. The highest BCUT2D eigenvalue weighted by molar-refractivity contribution is 6.08. The lowest BCUT2D eigenvalue weighted by Crippen LogP contribution is -2.41. The smallest absolute Gasteiger partial charge is 0.307 e. The van der Waals surface area contributed by atoms with Crippen molar-refractivity contribution in [3.8, 4) is 5.75 Å². The van der Waals surface area contributed by atoms with Crippen LogP contribution < -0.4 is 10.1 Å². The van der Waals surface area contributed by atoms with Crippen LogP contribution in [0.2, 0.25) is 0 Å². The number of benzene rings is 2. The van der Waals surface area contributed by atoms with Crippen molar-refractivity contribution in [1.82, 2.24) is 0 Å². The van der Waals surface area contributed by atoms with E-state index in [2.05, 4.69) is 5.32 Å². The van der Waals surface area contributed by atoms with Crippen LogP contribution in [0.1, 0.15) is 12.8 Å². The molecule has 2 unspecified atom stereocenters. The summed E-state index contributed by atoms with van der Waals surface area (Å²) in [5, 5.41) is 13.8. The number of hydrogen-bond acceptors (Lipinski definition) is 4. The molecule has 1 saturated carbocycles. The molecular weight excluding hydrogens is 322 g/mol. The zero-order valence-electron chi connectivity index (χ0n) is 13.6. The van der Waals surface area contributed by atoms with Gasteiger partial charge in [-0.3, -0.25) is 9.59 Å². The number of carbonyl (C=O) groups is 2. The molecule has 2 aromatic carbocycles. The first-order valence-corrected chi connectivity index (χ1v) is 8.11. The highest BCUT2D eigenvalue weighted by atomic mass is 16.5. The van der Waals surface area contributed by atoms with Crippen LogP contribution >= 0.6 is 0 Å². The first-order valence-electron chi connectivity index (χ1n) is 8.11. The van der Waals surface area contributed by atoms with Crippen LogP contribution in [0.25, 0.3) is 21.9 Å². The topological polar surface area (TPSA) is 88.8 Å². The number of aliphatic carboxylic acids is 1. The number of para-hydroxylation sites is 1. The second-order valence-electron chi connectivity index (χ2n) is 6.26. The van der Waals surface area contributed by atoms with Gasteiger partial charge in [-0.25, -0.2) is 0 Å². The fourth-order valence-electron chi connectivity index (χ4n) is 3.35. The molecule has 6 nitrogen and oxygen atoms in total. The van der Waals surface area contributed by atoms with E-state index in [4.69, 9.17) is 14.3 Å². The number of methoxy groups -OCH3 is 1. The van der Waals surface area contributed by atoms with Gasteiger partial charge in [0.1, 0.15) is 16.9 Å². The molecule has 128 valence electrons. The fraction of sp³-hybridized carbons (Fsp3) is 0.263. The lowest BCUT2D eigenvalue weighted by molar-refractivity contribution is -0.151. The summed E-state index contributed by atoms with van der Waals surface area (Å²) in [4.78, 5) is 23.6. The normalized spacial score (nSPS) is 19.6. The van der Waals surface area contributed by atoms with E-state index in [0.717, 1.165) is 16.4 Å². The van der Waals surface area contributed by atoms with E-state index < -0.39 is 17.8 Å². The van der Waals surface area contributed by atoms with E-state index in [9.17, 15) is 9.59 Å². The molecule has 0 bridgehead atoms. The van der Waals surface area contributed by atoms with E-state index in [1.165, 1.54) is 7.11 Å². The third kappa shape index (κ3) is 2.50. The Morgan fingerprint density at radius 1 is 1.12 bits per heavy atom. The van der Waals surface area contributed by atoms with Crippen LogP contribution in [0.15, 0.2) is 40.8 Å². The summed E-state index contributed by atoms with van der Waals surface area (Å²) in [6.07, 6.45) is 1.12. The van der Waals surface area contributed by atoms with Crippen molar-refractivity contribution in [1.29, 1.82) is 0 Å². The van der Waals surface area contributed by atoms with Gasteiger partial charge in [-0.1, -0.05) is 18.2 Å². The Kier molecular flexibility index (Phi) is 3.60. The number of nitrogens with one attached hydrogen (secondary N) is 1. The number of fused-ring (bicyclic) bond motifs is 3. The number of anilines is 1. The molecule has 2 N–H and O–H groups in total. The minimum absolute atomic E-state index is 0.299. The van der Waals surface area contributed by atoms with E-state index in [-0.39, 0.29) is 5.91 Å². The van der Waals surface area contributed by atoms with Crippen molar-refractivity contribution in [2.24, 2.45) is 11.8 Å². The first-order chi connectivity index (χ1) is 12.1. The van der Waals surface area contributed by atoms with Gasteiger partial charge in [0.2, 0.25) is 5.91 Å². The number of furan rings is 1. The van der Waals surface area contributed by atoms with Gasteiger partial charge in [-0.15, -0.1) is 0 Å². The Labute approximate surface area is 143 Å². The zero-order chi connectivity index (χ0) is 17.6. The van der Waals surface area contributed by atoms with E-state index in [0.29, 0.717) is 29.9 Å². The van der Waals surface area contributed by atoms with Crippen LogP contribution in [0.4, 0.5) is 5.69 Å². The first kappa shape index (κ1) is 15.5. The van der Waals surface area contributed by atoms with Crippen molar-refractivity contribution in [2.45, 2.75) is 12.8 Å². The Hall–Kier alpha value is -3.02. The summed E-state index contributed by atoms with van der Waals surface area (Å²) in [5.41, 5.74) is 1.88. The van der Waals surface area contributed by atoms with Crippen LogP contribution in [0.5, 0.6) is 5.75 Å². The molecule has 6 heteroatoms. The van der Waals surface area contributed by atoms with Crippen LogP contribution in [0.3, 0.4) is 0 Å². The second-order valence-corrected chi connectivity index (χ2v) is 6.26. The molecule has 0 saturated heterocycles. The van der Waals surface area contributed by atoms with E-state index >= 15 is 0 Å². The van der Waals surface area contributed by atoms with Crippen LogP contribution in [-0.2, 0) is 9.59 Å². The van der Waals surface area contributed by atoms with Gasteiger partial charge in [-0.05, 0) is 25.0 Å². The summed E-state index contributed by atoms with van der Waals surface area (Å²) >= 11 is 0. The van der Waals surface area contributed by atoms with E-state index in [1.54, 1.807) is 6.07 Å². The van der Waals surface area contributed by atoms with Gasteiger partial charge < -0.3 is 19.6 Å². The second kappa shape index (κ2) is 5.81. The standard InChI is InChI=1S/C19H17NO5/c1-24-17-8-13-10-4-2-3-5-15(10)25-16(13)9-14(17)20-18(21)11-6-7-12(11)19(22)23/h2-5,8-9,11-12H,6-7H2,1H3,(H,20,21)(H,22,23). The van der Waals surface area contributed by atoms with Crippen molar-refractivity contribution in [2.75, 3.05) is 12.4 Å². The molecule has 1 amide bonds. The van der Waals surface area contributed by atoms with Crippen LogP contribution in [-0.4, -0.2) is 24.1 Å². The molecule has 0 spiro atoms. The largest absolute Gasteiger partial charge is 0.495 e. The molecule has 1 aliphatic rings. The lowest BCUT2D eigenvalue weighted by atomic mass is 9.73. The number of carboxylic acids is 1. The molecule has 3 aromatic rings. The highest BCUT2D eigenvalue weighted by Gasteiger charge is 2.41. The van der Waals surface area contributed by atoms with Crippen molar-refractivity contribution < 1.29 is 23.8 Å². The Bertz CT molecular complexity index is 990. The molecule has 1 fully saturated rings. The highest BCUT2D eigenvalue weighted by Crippen LogP contribution is 2.39. The monoisotopic (exact) mass is 339 g/mol. The van der Waals surface area contributed by atoms with Crippen LogP contribution in [0, 0.1) is 11.8 Å². The predicted octanol–water partition coefficient (Wildman–Crippen LogP) is 3.64. The number of rotatable bonds is 4. The van der Waals surface area contributed by atoms with Gasteiger partial charge in [0, 0.05) is 16.8 Å². The van der Waals surface area contributed by atoms with Gasteiger partial charge >= 0.3 is 5.97 Å². The number of carbonyl (C=O) groups excluding carboxylic acids is 1. The molecule has 1 heterocycles. The summed E-state index contributed by atoms with van der Waals surface area (Å²) in [6.45, 7) is 0. The maximum absolute atomic E-state index is 12.4. The van der Waals surface area contributed by atoms with Crippen molar-refractivity contribution in [3.63, 3.8) is 0 Å². The number of ether oxygens (including phenoxy) is 1. The zero-order valence-corrected chi connectivity index (χ0v) is 13.6.